The highest BCUT2D eigenvalue weighted by atomic mass is 16.5. The Morgan fingerprint density at radius 1 is 1.19 bits per heavy atom. The van der Waals surface area contributed by atoms with Crippen molar-refractivity contribution in [2.45, 2.75) is 26.1 Å². The topological polar surface area (TPSA) is 70.1 Å². The Kier molecular flexibility index (Phi) is 4.47. The van der Waals surface area contributed by atoms with Crippen LogP contribution in [0.4, 0.5) is 5.69 Å². The van der Waals surface area contributed by atoms with Crippen molar-refractivity contribution >= 4 is 17.5 Å². The van der Waals surface area contributed by atoms with Crippen LogP contribution < -0.4 is 4.90 Å². The quantitative estimate of drug-likeness (QED) is 0.784. The zero-order valence-corrected chi connectivity index (χ0v) is 12.4. The first-order valence-corrected chi connectivity index (χ1v) is 6.90. The monoisotopic (exact) mass is 292 g/mol. The average molecular weight is 292 g/mol. The fourth-order valence-corrected chi connectivity index (χ4v) is 2.42. The zero-order valence-electron chi connectivity index (χ0n) is 12.4. The number of benzene rings is 1. The second-order valence-electron chi connectivity index (χ2n) is 5.35. The molecule has 0 radical (unpaired) electrons. The molecule has 21 heavy (non-hydrogen) atoms. The highest BCUT2D eigenvalue weighted by molar-refractivity contribution is 6.40. The number of hydrogen-bond donors (Lipinski definition) is 1. The molecule has 2 rings (SSSR count). The van der Waals surface area contributed by atoms with Gasteiger partial charge in [-0.15, -0.1) is 0 Å². The lowest BCUT2D eigenvalue weighted by atomic mass is 10.2. The zero-order chi connectivity index (χ0) is 15.6. The number of morpholine rings is 1. The molecule has 0 spiro atoms. The molecule has 2 unspecified atom stereocenters. The first-order valence-electron chi connectivity index (χ1n) is 6.90. The summed E-state index contributed by atoms with van der Waals surface area (Å²) in [5.74, 6) is -1.02. The number of carbonyl (C=O) groups is 2. The number of anilines is 1. The third kappa shape index (κ3) is 3.52. The van der Waals surface area contributed by atoms with E-state index < -0.39 is 11.8 Å². The van der Waals surface area contributed by atoms with Crippen LogP contribution in [0.1, 0.15) is 13.8 Å². The lowest BCUT2D eigenvalue weighted by Gasteiger charge is -2.35. The fraction of sp³-hybridized carbons (Fsp3) is 0.467. The third-order valence-electron chi connectivity index (χ3n) is 3.43. The van der Waals surface area contributed by atoms with Crippen LogP contribution in [0.2, 0.25) is 0 Å². The second-order valence-corrected chi connectivity index (χ2v) is 5.35. The van der Waals surface area contributed by atoms with Crippen LogP contribution in [0, 0.1) is 0 Å². The minimum absolute atomic E-state index is 0.0792. The van der Waals surface area contributed by atoms with E-state index in [2.05, 4.69) is 0 Å². The van der Waals surface area contributed by atoms with Gasteiger partial charge in [-0.05, 0) is 38.1 Å². The summed E-state index contributed by atoms with van der Waals surface area (Å²) >= 11 is 0. The number of phenolic OH excluding ortho intramolecular Hbond substituents is 1. The second kappa shape index (κ2) is 6.13. The van der Waals surface area contributed by atoms with Gasteiger partial charge < -0.3 is 19.6 Å². The standard InChI is InChI=1S/C15H20N2O4/c1-10-8-17(9-11(2)21-10)15(20)14(19)16(3)12-4-6-13(18)7-5-12/h4-7,10-11,18H,8-9H2,1-3H3. The smallest absolute Gasteiger partial charge is 0.316 e. The van der Waals surface area contributed by atoms with Gasteiger partial charge in [-0.3, -0.25) is 9.59 Å². The first-order chi connectivity index (χ1) is 9.88. The minimum atomic E-state index is -0.595. The molecule has 1 aliphatic rings. The number of hydrogen-bond acceptors (Lipinski definition) is 4. The van der Waals surface area contributed by atoms with Crippen LogP contribution in [0.15, 0.2) is 24.3 Å². The van der Waals surface area contributed by atoms with Crippen LogP contribution >= 0.6 is 0 Å². The molecule has 6 nitrogen and oxygen atoms in total. The number of carbonyl (C=O) groups excluding carboxylic acids is 2. The van der Waals surface area contributed by atoms with Gasteiger partial charge in [0.25, 0.3) is 0 Å². The SMILES string of the molecule is CC1CN(C(=O)C(=O)N(C)c2ccc(O)cc2)CC(C)O1. The van der Waals surface area contributed by atoms with E-state index in [-0.39, 0.29) is 18.0 Å². The van der Waals surface area contributed by atoms with Gasteiger partial charge in [0.05, 0.1) is 12.2 Å². The number of rotatable bonds is 1. The van der Waals surface area contributed by atoms with Crippen LogP contribution in [0.5, 0.6) is 5.75 Å². The lowest BCUT2D eigenvalue weighted by molar-refractivity contribution is -0.152. The fourth-order valence-electron chi connectivity index (χ4n) is 2.42. The maximum absolute atomic E-state index is 12.3. The number of phenols is 1. The molecule has 1 N–H and O–H groups in total. The summed E-state index contributed by atoms with van der Waals surface area (Å²) in [5.41, 5.74) is 0.556. The Morgan fingerprint density at radius 3 is 2.24 bits per heavy atom. The molecule has 1 aromatic carbocycles. The average Bonchev–Trinajstić information content (AvgIpc) is 2.44. The predicted octanol–water partition coefficient (Wildman–Crippen LogP) is 0.991. The Bertz CT molecular complexity index is 519. The van der Waals surface area contributed by atoms with Gasteiger partial charge in [-0.1, -0.05) is 0 Å². The van der Waals surface area contributed by atoms with Crippen molar-refractivity contribution in [2.75, 3.05) is 25.0 Å². The first kappa shape index (κ1) is 15.3. The summed E-state index contributed by atoms with van der Waals surface area (Å²) in [4.78, 5) is 27.4. The van der Waals surface area contributed by atoms with E-state index in [1.807, 2.05) is 13.8 Å². The Hall–Kier alpha value is -2.08. The molecule has 1 aromatic rings. The van der Waals surface area contributed by atoms with Gasteiger partial charge in [0.1, 0.15) is 5.75 Å². The molecule has 1 fully saturated rings. The van der Waals surface area contributed by atoms with Crippen LogP contribution in [0.25, 0.3) is 0 Å². The largest absolute Gasteiger partial charge is 0.508 e. The van der Waals surface area contributed by atoms with Gasteiger partial charge >= 0.3 is 11.8 Å². The van der Waals surface area contributed by atoms with Gasteiger partial charge in [-0.25, -0.2) is 0 Å². The number of nitrogens with zero attached hydrogens (tertiary/aromatic N) is 2. The van der Waals surface area contributed by atoms with Gasteiger partial charge in [0, 0.05) is 25.8 Å². The summed E-state index contributed by atoms with van der Waals surface area (Å²) in [7, 11) is 1.54. The van der Waals surface area contributed by atoms with Crippen molar-refractivity contribution in [1.29, 1.82) is 0 Å². The molecule has 6 heteroatoms. The molecule has 2 atom stereocenters. The Morgan fingerprint density at radius 2 is 1.71 bits per heavy atom. The van der Waals surface area contributed by atoms with E-state index in [0.717, 1.165) is 0 Å². The van der Waals surface area contributed by atoms with Crippen LogP contribution in [-0.4, -0.2) is 54.2 Å². The van der Waals surface area contributed by atoms with E-state index in [4.69, 9.17) is 4.74 Å². The Balaban J connectivity index is 2.08. The number of aromatic hydroxyl groups is 1. The molecule has 0 aromatic heterocycles. The molecule has 114 valence electrons. The number of likely N-dealkylation sites (N-methyl/N-ethyl adjacent to an activating group) is 1. The number of ether oxygens (including phenoxy) is 1. The minimum Gasteiger partial charge on any atom is -0.508 e. The summed E-state index contributed by atoms with van der Waals surface area (Å²) in [6, 6.07) is 6.13. The molecule has 1 saturated heterocycles. The van der Waals surface area contributed by atoms with Crippen molar-refractivity contribution in [1.82, 2.24) is 4.90 Å². The normalized spacial score (nSPS) is 22.0. The maximum Gasteiger partial charge on any atom is 0.316 e. The van der Waals surface area contributed by atoms with Gasteiger partial charge in [0.2, 0.25) is 0 Å². The van der Waals surface area contributed by atoms with Crippen molar-refractivity contribution in [3.63, 3.8) is 0 Å². The van der Waals surface area contributed by atoms with E-state index in [0.29, 0.717) is 18.8 Å². The van der Waals surface area contributed by atoms with Crippen LogP contribution in [-0.2, 0) is 14.3 Å². The van der Waals surface area contributed by atoms with Gasteiger partial charge in [0.15, 0.2) is 0 Å². The van der Waals surface area contributed by atoms with E-state index >= 15 is 0 Å². The molecule has 0 aliphatic carbocycles. The summed E-state index contributed by atoms with van der Waals surface area (Å²) in [6.45, 7) is 4.59. The predicted molar refractivity (Wildman–Crippen MR) is 78.1 cm³/mol. The summed E-state index contributed by atoms with van der Waals surface area (Å²) in [6.07, 6.45) is -0.158. The molecular weight excluding hydrogens is 272 g/mol. The van der Waals surface area contributed by atoms with Crippen molar-refractivity contribution in [3.8, 4) is 5.75 Å². The van der Waals surface area contributed by atoms with E-state index in [1.54, 1.807) is 19.2 Å². The van der Waals surface area contributed by atoms with Gasteiger partial charge in [-0.2, -0.15) is 0 Å². The lowest BCUT2D eigenvalue weighted by Crippen LogP contribution is -2.52. The van der Waals surface area contributed by atoms with Crippen LogP contribution in [0.3, 0.4) is 0 Å². The highest BCUT2D eigenvalue weighted by Crippen LogP contribution is 2.18. The van der Waals surface area contributed by atoms with Crippen molar-refractivity contribution < 1.29 is 19.4 Å². The van der Waals surface area contributed by atoms with Crippen molar-refractivity contribution in [2.24, 2.45) is 0 Å². The molecule has 0 saturated carbocycles. The maximum atomic E-state index is 12.3. The Labute approximate surface area is 123 Å². The summed E-state index contributed by atoms with van der Waals surface area (Å²) < 4.78 is 5.56. The molecular formula is C15H20N2O4. The molecule has 1 heterocycles. The molecule has 1 aliphatic heterocycles. The van der Waals surface area contributed by atoms with Crippen molar-refractivity contribution in [3.05, 3.63) is 24.3 Å². The third-order valence-corrected chi connectivity index (χ3v) is 3.43. The number of amides is 2. The van der Waals surface area contributed by atoms with E-state index in [9.17, 15) is 14.7 Å². The van der Waals surface area contributed by atoms with E-state index in [1.165, 1.54) is 21.9 Å². The highest BCUT2D eigenvalue weighted by Gasteiger charge is 2.31. The molecule has 2 amide bonds. The molecule has 0 bridgehead atoms. The summed E-state index contributed by atoms with van der Waals surface area (Å²) in [5, 5.41) is 9.26.